The zero-order chi connectivity index (χ0) is 14.1. The van der Waals surface area contributed by atoms with Gasteiger partial charge in [0.15, 0.2) is 0 Å². The van der Waals surface area contributed by atoms with E-state index in [0.29, 0.717) is 6.42 Å². The number of aliphatic carboxylic acids is 1. The fraction of sp³-hybridized carbons (Fsp3) is 0.500. The SMILES string of the molecule is O=C(O)[C@@H]1CC[C@@H]2CC[C@H](Cc3ccccc3)C(=O)N21. The van der Waals surface area contributed by atoms with Gasteiger partial charge < -0.3 is 10.0 Å². The van der Waals surface area contributed by atoms with Crippen LogP contribution < -0.4 is 0 Å². The van der Waals surface area contributed by atoms with E-state index in [-0.39, 0.29) is 17.9 Å². The van der Waals surface area contributed by atoms with Crippen LogP contribution in [-0.2, 0) is 16.0 Å². The molecule has 0 aliphatic carbocycles. The minimum atomic E-state index is -0.860. The topological polar surface area (TPSA) is 57.6 Å². The molecule has 1 aromatic carbocycles. The van der Waals surface area contributed by atoms with E-state index >= 15 is 0 Å². The van der Waals surface area contributed by atoms with Gasteiger partial charge in [-0.3, -0.25) is 4.79 Å². The molecule has 2 aliphatic heterocycles. The van der Waals surface area contributed by atoms with Gasteiger partial charge in [0.25, 0.3) is 0 Å². The molecule has 3 rings (SSSR count). The van der Waals surface area contributed by atoms with Gasteiger partial charge in [0, 0.05) is 12.0 Å². The molecule has 0 aromatic heterocycles. The lowest BCUT2D eigenvalue weighted by Gasteiger charge is -2.37. The van der Waals surface area contributed by atoms with Crippen LogP contribution >= 0.6 is 0 Å². The second-order valence-corrected chi connectivity index (χ2v) is 5.79. The molecule has 2 aliphatic rings. The van der Waals surface area contributed by atoms with E-state index in [0.717, 1.165) is 31.2 Å². The second-order valence-electron chi connectivity index (χ2n) is 5.79. The Bertz CT molecular complexity index is 514. The van der Waals surface area contributed by atoms with Crippen molar-refractivity contribution < 1.29 is 14.7 Å². The van der Waals surface area contributed by atoms with Gasteiger partial charge in [-0.2, -0.15) is 0 Å². The standard InChI is InChI=1S/C16H19NO3/c18-15-12(10-11-4-2-1-3-5-11)6-7-13-8-9-14(16(19)20)17(13)15/h1-5,12-14H,6-10H2,(H,19,20)/t12-,13+,14+/m1/s1. The Kier molecular flexibility index (Phi) is 3.47. The van der Waals surface area contributed by atoms with Gasteiger partial charge in [-0.05, 0) is 37.7 Å². The quantitative estimate of drug-likeness (QED) is 0.917. The number of fused-ring (bicyclic) bond motifs is 1. The van der Waals surface area contributed by atoms with E-state index < -0.39 is 12.0 Å². The lowest BCUT2D eigenvalue weighted by atomic mass is 9.87. The maximum absolute atomic E-state index is 12.6. The van der Waals surface area contributed by atoms with E-state index in [1.807, 2.05) is 30.3 Å². The van der Waals surface area contributed by atoms with Crippen molar-refractivity contribution in [3.63, 3.8) is 0 Å². The minimum absolute atomic E-state index is 0.0370. The number of amides is 1. The molecule has 20 heavy (non-hydrogen) atoms. The number of carbonyl (C=O) groups excluding carboxylic acids is 1. The highest BCUT2D eigenvalue weighted by molar-refractivity contribution is 5.86. The van der Waals surface area contributed by atoms with Gasteiger partial charge in [0.05, 0.1) is 0 Å². The molecule has 0 bridgehead atoms. The van der Waals surface area contributed by atoms with Crippen LogP contribution in [0, 0.1) is 5.92 Å². The van der Waals surface area contributed by atoms with Crippen molar-refractivity contribution in [2.24, 2.45) is 5.92 Å². The maximum Gasteiger partial charge on any atom is 0.326 e. The fourth-order valence-electron chi connectivity index (χ4n) is 3.56. The summed E-state index contributed by atoms with van der Waals surface area (Å²) < 4.78 is 0. The van der Waals surface area contributed by atoms with Crippen LogP contribution in [0.25, 0.3) is 0 Å². The monoisotopic (exact) mass is 273 g/mol. The molecule has 1 N–H and O–H groups in total. The Morgan fingerprint density at radius 3 is 2.55 bits per heavy atom. The Labute approximate surface area is 118 Å². The highest BCUT2D eigenvalue weighted by Crippen LogP contribution is 2.35. The van der Waals surface area contributed by atoms with Gasteiger partial charge in [-0.15, -0.1) is 0 Å². The van der Waals surface area contributed by atoms with Crippen LogP contribution in [0.4, 0.5) is 0 Å². The summed E-state index contributed by atoms with van der Waals surface area (Å²) in [5, 5.41) is 9.25. The zero-order valence-corrected chi connectivity index (χ0v) is 11.4. The van der Waals surface area contributed by atoms with Crippen molar-refractivity contribution in [3.8, 4) is 0 Å². The molecule has 1 aromatic rings. The molecule has 2 saturated heterocycles. The van der Waals surface area contributed by atoms with E-state index in [9.17, 15) is 14.7 Å². The molecule has 0 saturated carbocycles. The van der Waals surface area contributed by atoms with Gasteiger partial charge in [0.2, 0.25) is 5.91 Å². The summed E-state index contributed by atoms with van der Waals surface area (Å²) in [7, 11) is 0. The van der Waals surface area contributed by atoms with Gasteiger partial charge in [0.1, 0.15) is 6.04 Å². The molecule has 2 fully saturated rings. The number of benzene rings is 1. The number of hydrogen-bond donors (Lipinski definition) is 1. The van der Waals surface area contributed by atoms with E-state index in [1.165, 1.54) is 0 Å². The summed E-state index contributed by atoms with van der Waals surface area (Å²) in [6, 6.07) is 9.50. The number of piperidine rings is 1. The first-order valence-electron chi connectivity index (χ1n) is 7.25. The summed E-state index contributed by atoms with van der Waals surface area (Å²) in [5.41, 5.74) is 1.15. The van der Waals surface area contributed by atoms with Crippen LogP contribution in [0.1, 0.15) is 31.2 Å². The summed E-state index contributed by atoms with van der Waals surface area (Å²) >= 11 is 0. The van der Waals surface area contributed by atoms with Crippen molar-refractivity contribution >= 4 is 11.9 Å². The second kappa shape index (κ2) is 5.27. The Hall–Kier alpha value is -1.84. The smallest absolute Gasteiger partial charge is 0.326 e. The number of carbonyl (C=O) groups is 2. The predicted molar refractivity (Wildman–Crippen MR) is 74.2 cm³/mol. The Morgan fingerprint density at radius 2 is 1.85 bits per heavy atom. The summed E-state index contributed by atoms with van der Waals surface area (Å²) in [5.74, 6) is -0.884. The van der Waals surface area contributed by atoms with Crippen molar-refractivity contribution in [2.75, 3.05) is 0 Å². The van der Waals surface area contributed by atoms with E-state index in [2.05, 4.69) is 0 Å². The molecule has 4 nitrogen and oxygen atoms in total. The number of nitrogens with zero attached hydrogens (tertiary/aromatic N) is 1. The van der Waals surface area contributed by atoms with Gasteiger partial charge >= 0.3 is 5.97 Å². The number of hydrogen-bond acceptors (Lipinski definition) is 2. The molecular formula is C16H19NO3. The molecule has 1 amide bonds. The molecule has 0 spiro atoms. The van der Waals surface area contributed by atoms with Crippen LogP contribution in [0.2, 0.25) is 0 Å². The summed E-state index contributed by atoms with van der Waals surface area (Å²) in [6.07, 6.45) is 3.97. The third-order valence-electron chi connectivity index (χ3n) is 4.56. The van der Waals surface area contributed by atoms with E-state index in [1.54, 1.807) is 4.90 Å². The van der Waals surface area contributed by atoms with Crippen molar-refractivity contribution in [2.45, 2.75) is 44.2 Å². The first kappa shape index (κ1) is 13.2. The fourth-order valence-corrected chi connectivity index (χ4v) is 3.56. The zero-order valence-electron chi connectivity index (χ0n) is 11.4. The molecule has 2 heterocycles. The molecule has 0 unspecified atom stereocenters. The van der Waals surface area contributed by atoms with Crippen LogP contribution in [0.5, 0.6) is 0 Å². The first-order valence-corrected chi connectivity index (χ1v) is 7.25. The van der Waals surface area contributed by atoms with Crippen molar-refractivity contribution in [1.82, 2.24) is 4.90 Å². The summed E-state index contributed by atoms with van der Waals surface area (Å²) in [6.45, 7) is 0. The largest absolute Gasteiger partial charge is 0.480 e. The van der Waals surface area contributed by atoms with Crippen LogP contribution in [0.15, 0.2) is 30.3 Å². The first-order chi connectivity index (χ1) is 9.66. The molecular weight excluding hydrogens is 254 g/mol. The number of rotatable bonds is 3. The average molecular weight is 273 g/mol. The highest BCUT2D eigenvalue weighted by atomic mass is 16.4. The predicted octanol–water partition coefficient (Wildman–Crippen LogP) is 2.08. The van der Waals surface area contributed by atoms with Crippen LogP contribution in [0.3, 0.4) is 0 Å². The van der Waals surface area contributed by atoms with Crippen molar-refractivity contribution in [3.05, 3.63) is 35.9 Å². The number of carboxylic acids is 1. The van der Waals surface area contributed by atoms with Crippen molar-refractivity contribution in [1.29, 1.82) is 0 Å². The third kappa shape index (κ3) is 2.30. The molecule has 0 radical (unpaired) electrons. The number of carboxylic acid groups (broad SMARTS) is 1. The van der Waals surface area contributed by atoms with Crippen LogP contribution in [-0.4, -0.2) is 34.0 Å². The lowest BCUT2D eigenvalue weighted by molar-refractivity contribution is -0.153. The minimum Gasteiger partial charge on any atom is -0.480 e. The molecule has 3 atom stereocenters. The highest BCUT2D eigenvalue weighted by Gasteiger charge is 2.45. The summed E-state index contributed by atoms with van der Waals surface area (Å²) in [4.78, 5) is 25.5. The molecule has 106 valence electrons. The molecule has 4 heteroatoms. The maximum atomic E-state index is 12.6. The average Bonchev–Trinajstić information content (AvgIpc) is 2.88. The van der Waals surface area contributed by atoms with Gasteiger partial charge in [-0.1, -0.05) is 30.3 Å². The third-order valence-corrected chi connectivity index (χ3v) is 4.56. The van der Waals surface area contributed by atoms with Gasteiger partial charge in [-0.25, -0.2) is 4.79 Å². The lowest BCUT2D eigenvalue weighted by Crippen LogP contribution is -2.51. The Balaban J connectivity index is 1.75. The van der Waals surface area contributed by atoms with E-state index in [4.69, 9.17) is 0 Å². The normalized spacial score (nSPS) is 29.3. The Morgan fingerprint density at radius 1 is 1.15 bits per heavy atom.